The number of aliphatic hydroxyl groups is 1. The Morgan fingerprint density at radius 2 is 0.800 bits per heavy atom. The number of hydrogen-bond donors (Lipinski definition) is 2. The summed E-state index contributed by atoms with van der Waals surface area (Å²) in [6.07, 6.45) is 5.46. The van der Waals surface area contributed by atoms with Crippen LogP contribution in [0, 0.1) is 10.8 Å². The number of carbonyl (C=O) groups excluding carboxylic acids is 2. The number of benzene rings is 4. The topological polar surface area (TPSA) is 180 Å². The van der Waals surface area contributed by atoms with Gasteiger partial charge in [-0.1, -0.05) is 192 Å². The largest absolute Gasteiger partial charge is 0.520 e. The van der Waals surface area contributed by atoms with Gasteiger partial charge in [-0.25, -0.2) is 19.9 Å². The molecule has 4 atom stereocenters. The highest BCUT2D eigenvalue weighted by atomic mass is 35.5. The number of aromatic nitrogens is 4. The van der Waals surface area contributed by atoms with Gasteiger partial charge < -0.3 is 28.8 Å². The Kier molecular flexibility index (Phi) is 27.9. The maximum absolute atomic E-state index is 12.2. The number of aliphatic hydroxyl groups excluding tert-OH is 1. The Morgan fingerprint density at radius 1 is 0.459 bits per heavy atom. The minimum atomic E-state index is -1.49. The molecular weight excluding hydrogens is 1170 g/mol. The van der Waals surface area contributed by atoms with Crippen LogP contribution < -0.4 is 0 Å². The van der Waals surface area contributed by atoms with Gasteiger partial charge in [-0.3, -0.25) is 14.4 Å². The predicted octanol–water partition coefficient (Wildman–Crippen LogP) is 17.0. The van der Waals surface area contributed by atoms with Gasteiger partial charge in [0.05, 0.1) is 25.0 Å². The molecule has 0 aliphatic rings. The number of methoxy groups -OCH3 is 2. The van der Waals surface area contributed by atoms with Crippen molar-refractivity contribution in [3.8, 4) is 0 Å². The summed E-state index contributed by atoms with van der Waals surface area (Å²) in [6.45, 7) is 19.0. The van der Waals surface area contributed by atoms with Gasteiger partial charge in [0.15, 0.2) is 6.10 Å². The van der Waals surface area contributed by atoms with Crippen molar-refractivity contribution >= 4 is 72.6 Å². The van der Waals surface area contributed by atoms with E-state index < -0.39 is 37.3 Å². The Hall–Kier alpha value is -7.43. The van der Waals surface area contributed by atoms with Crippen molar-refractivity contribution < 1.29 is 43.2 Å². The Bertz CT molecular complexity index is 3320. The van der Waals surface area contributed by atoms with E-state index in [-0.39, 0.29) is 23.8 Å². The molecule has 0 saturated heterocycles. The van der Waals surface area contributed by atoms with Crippen molar-refractivity contribution in [1.82, 2.24) is 19.9 Å². The van der Waals surface area contributed by atoms with Crippen LogP contribution in [0.15, 0.2) is 206 Å². The van der Waals surface area contributed by atoms with E-state index in [2.05, 4.69) is 39.6 Å². The van der Waals surface area contributed by atoms with Crippen molar-refractivity contribution in [1.29, 1.82) is 0 Å². The molecular formula is C67H74Cl4N4O9Si. The molecule has 4 heterocycles. The molecule has 448 valence electrons. The lowest BCUT2D eigenvalue weighted by Crippen LogP contribution is -2.33. The van der Waals surface area contributed by atoms with Gasteiger partial charge in [0.2, 0.25) is 8.32 Å². The lowest BCUT2D eigenvalue weighted by atomic mass is 9.71. The summed E-state index contributed by atoms with van der Waals surface area (Å²) in [4.78, 5) is 51.2. The highest BCUT2D eigenvalue weighted by Crippen LogP contribution is 2.43. The molecule has 0 aliphatic carbocycles. The number of pyridine rings is 4. The summed E-state index contributed by atoms with van der Waals surface area (Å²) in [5, 5.41) is 21.2. The van der Waals surface area contributed by atoms with Crippen LogP contribution in [0.5, 0.6) is 0 Å². The zero-order chi connectivity index (χ0) is 62.9. The van der Waals surface area contributed by atoms with E-state index in [9.17, 15) is 24.6 Å². The van der Waals surface area contributed by atoms with Crippen LogP contribution in [0.1, 0.15) is 117 Å². The second-order valence-electron chi connectivity index (χ2n) is 21.5. The van der Waals surface area contributed by atoms with E-state index >= 15 is 0 Å². The maximum atomic E-state index is 12.2. The van der Waals surface area contributed by atoms with Gasteiger partial charge in [-0.2, -0.15) is 0 Å². The number of esters is 2. The number of hydrogen-bond acceptors (Lipinski definition) is 12. The SMILES string of the molecule is CC(=O)OC(c1ccccc1)c1ccc(Cl)nc1.CC(C)(C(=O)O)C(c1ccccc1)c1ccc(Cl)nc1.COC(=O)C(C)(C)C(c1ccccc1)c1ccc(Cl)nc1.COC(O[Si](C)(C)C)=C(C)C.OC(c1ccccc1)c1ccc(Cl)nc1. The molecule has 0 fully saturated rings. The first-order valence-corrected chi connectivity index (χ1v) is 31.8. The van der Waals surface area contributed by atoms with Crippen LogP contribution in [0.3, 0.4) is 0 Å². The van der Waals surface area contributed by atoms with E-state index in [0.29, 0.717) is 26.6 Å². The van der Waals surface area contributed by atoms with Crippen molar-refractivity contribution in [3.63, 3.8) is 0 Å². The predicted molar refractivity (Wildman–Crippen MR) is 341 cm³/mol. The molecule has 8 aromatic rings. The fourth-order valence-corrected chi connectivity index (χ4v) is 9.92. The highest BCUT2D eigenvalue weighted by Gasteiger charge is 2.41. The third kappa shape index (κ3) is 22.5. The zero-order valence-electron chi connectivity index (χ0n) is 49.8. The van der Waals surface area contributed by atoms with Crippen LogP contribution in [0.25, 0.3) is 0 Å². The molecule has 0 radical (unpaired) electrons. The molecule has 2 N–H and O–H groups in total. The van der Waals surface area contributed by atoms with Crippen molar-refractivity contribution in [2.75, 3.05) is 14.2 Å². The van der Waals surface area contributed by atoms with Gasteiger partial charge in [0.25, 0.3) is 5.95 Å². The smallest absolute Gasteiger partial charge is 0.312 e. The van der Waals surface area contributed by atoms with Crippen LogP contribution in [0.4, 0.5) is 0 Å². The highest BCUT2D eigenvalue weighted by molar-refractivity contribution is 6.70. The number of ether oxygens (including phenoxy) is 3. The van der Waals surface area contributed by atoms with Gasteiger partial charge in [0.1, 0.15) is 26.7 Å². The summed E-state index contributed by atoms with van der Waals surface area (Å²) >= 11 is 23.1. The number of allylic oxidation sites excluding steroid dienone is 1. The van der Waals surface area contributed by atoms with Crippen LogP contribution >= 0.6 is 46.4 Å². The fourth-order valence-electron chi connectivity index (χ4n) is 8.63. The minimum Gasteiger partial charge on any atom is -0.520 e. The molecule has 0 amide bonds. The molecule has 4 unspecified atom stereocenters. The van der Waals surface area contributed by atoms with Gasteiger partial charge in [-0.05, 0) is 119 Å². The molecule has 4 aromatic heterocycles. The third-order valence-electron chi connectivity index (χ3n) is 12.8. The molecule has 13 nitrogen and oxygen atoms in total. The number of carbonyl (C=O) groups is 3. The zero-order valence-corrected chi connectivity index (χ0v) is 53.9. The summed E-state index contributed by atoms with van der Waals surface area (Å²) in [6, 6.07) is 52.5. The summed E-state index contributed by atoms with van der Waals surface area (Å²) < 4.78 is 21.0. The molecule has 8 rings (SSSR count). The normalized spacial score (nSPS) is 12.3. The van der Waals surface area contributed by atoms with E-state index in [0.717, 1.165) is 50.1 Å². The van der Waals surface area contributed by atoms with Crippen molar-refractivity contribution in [2.45, 2.75) is 92.2 Å². The first-order chi connectivity index (χ1) is 40.2. The van der Waals surface area contributed by atoms with E-state index in [1.165, 1.54) is 14.0 Å². The second kappa shape index (κ2) is 33.9. The van der Waals surface area contributed by atoms with Crippen molar-refractivity contribution in [3.05, 3.63) is 271 Å². The Labute approximate surface area is 521 Å². The number of carboxylic acids is 1. The monoisotopic (exact) mass is 1250 g/mol. The minimum absolute atomic E-state index is 0.157. The summed E-state index contributed by atoms with van der Waals surface area (Å²) in [5.74, 6) is -1.20. The lowest BCUT2D eigenvalue weighted by molar-refractivity contribution is -0.151. The Balaban J connectivity index is 0.000000231. The van der Waals surface area contributed by atoms with E-state index in [1.807, 2.05) is 161 Å². The molecule has 0 spiro atoms. The molecule has 18 heteroatoms. The summed E-state index contributed by atoms with van der Waals surface area (Å²) in [5.41, 5.74) is 6.47. The van der Waals surface area contributed by atoms with Crippen LogP contribution in [-0.2, 0) is 33.0 Å². The summed E-state index contributed by atoms with van der Waals surface area (Å²) in [7, 11) is 1.56. The van der Waals surface area contributed by atoms with Crippen LogP contribution in [0.2, 0.25) is 40.3 Å². The van der Waals surface area contributed by atoms with E-state index in [4.69, 9.17) is 65.0 Å². The van der Waals surface area contributed by atoms with Gasteiger partial charge in [0, 0.05) is 60.2 Å². The van der Waals surface area contributed by atoms with Gasteiger partial charge in [-0.15, -0.1) is 0 Å². The molecule has 0 saturated carbocycles. The van der Waals surface area contributed by atoms with Crippen LogP contribution in [-0.4, -0.2) is 70.6 Å². The van der Waals surface area contributed by atoms with Gasteiger partial charge >= 0.3 is 17.9 Å². The first-order valence-electron chi connectivity index (χ1n) is 26.9. The first kappa shape index (κ1) is 70.1. The number of nitrogens with zero attached hydrogens (tertiary/aromatic N) is 4. The van der Waals surface area contributed by atoms with Crippen molar-refractivity contribution in [2.24, 2.45) is 10.8 Å². The molecule has 0 bridgehead atoms. The number of aliphatic carboxylic acids is 1. The quantitative estimate of drug-likeness (QED) is 0.0404. The fraction of sp³-hybridized carbons (Fsp3) is 0.269. The number of carboxylic acid groups (broad SMARTS) is 1. The molecule has 4 aromatic carbocycles. The standard InChI is InChI=1S/C17H18ClNO2.C16H16ClNO2.C14H12ClNO2.C12H10ClNO.C8H18O2Si/c1-17(2,16(20)21-3)15(12-7-5-4-6-8-12)13-9-10-14(18)19-11-13;1-16(2,15(19)20)14(11-6-4-3-5-7-11)12-8-9-13(17)18-10-12;1-10(17)18-14(11-5-3-2-4-6-11)12-7-8-13(15)16-9-12;13-11-7-6-10(8-14-11)12(15)9-4-2-1-3-5-9;1-7(2)8(9-3)10-11(4,5)6/h4-11,15H,1-3H3;3-10,14H,1-2H3,(H,19,20);2-9,14H,1H3;1-8,12,15H;1-6H3. The number of halogens is 4. The molecule has 85 heavy (non-hydrogen) atoms. The average Bonchev–Trinajstić information content (AvgIpc) is 1.92. The Morgan fingerprint density at radius 3 is 1.09 bits per heavy atom. The number of rotatable bonds is 16. The molecule has 0 aliphatic heterocycles. The van der Waals surface area contributed by atoms with E-state index in [1.54, 1.807) is 82.1 Å². The lowest BCUT2D eigenvalue weighted by Gasteiger charge is -2.32. The second-order valence-corrected chi connectivity index (χ2v) is 27.5. The third-order valence-corrected chi connectivity index (χ3v) is 14.4. The average molecular weight is 1250 g/mol. The maximum Gasteiger partial charge on any atom is 0.312 e.